The summed E-state index contributed by atoms with van der Waals surface area (Å²) in [6.07, 6.45) is -11.2. The van der Waals surface area contributed by atoms with Crippen LogP contribution in [0.15, 0.2) is 12.2 Å². The fourth-order valence-electron chi connectivity index (χ4n) is 0.663. The molecule has 0 radical (unpaired) electrons. The molecule has 1 N–H and O–H groups in total. The van der Waals surface area contributed by atoms with Crippen molar-refractivity contribution in [3.8, 4) is 0 Å². The molecule has 1 unspecified atom stereocenters. The zero-order valence-corrected chi connectivity index (χ0v) is 7.11. The first-order chi connectivity index (χ1) is 6.48. The number of hydrogen-bond donors (Lipinski definition) is 1. The third-order valence-electron chi connectivity index (χ3n) is 1.46. The number of hydrogen-bond acceptors (Lipinski definition) is 1. The number of carboxylic acid groups (broad SMARTS) is 1. The molecule has 0 aliphatic rings. The minimum atomic E-state index is -5.14. The molecule has 0 fully saturated rings. The number of alkyl halides is 6. The van der Waals surface area contributed by atoms with Crippen LogP contribution in [0.2, 0.25) is 0 Å². The summed E-state index contributed by atoms with van der Waals surface area (Å²) >= 11 is 0. The van der Waals surface area contributed by atoms with E-state index in [2.05, 4.69) is 6.58 Å². The van der Waals surface area contributed by atoms with Crippen molar-refractivity contribution in [2.24, 2.45) is 0 Å². The van der Waals surface area contributed by atoms with E-state index in [0.29, 0.717) is 0 Å². The zero-order chi connectivity index (χ0) is 12.4. The summed E-state index contributed by atoms with van der Waals surface area (Å²) in [5.74, 6) is -6.98. The van der Waals surface area contributed by atoms with Gasteiger partial charge in [-0.1, -0.05) is 6.58 Å². The van der Waals surface area contributed by atoms with Gasteiger partial charge in [-0.3, -0.25) is 0 Å². The van der Waals surface area contributed by atoms with Gasteiger partial charge < -0.3 is 5.11 Å². The molecule has 0 aliphatic carbocycles. The third-order valence-corrected chi connectivity index (χ3v) is 1.46. The summed E-state index contributed by atoms with van der Waals surface area (Å²) in [4.78, 5) is 9.99. The highest BCUT2D eigenvalue weighted by atomic mass is 19.4. The largest absolute Gasteiger partial charge is 0.478 e. The third kappa shape index (κ3) is 3.80. The Hall–Kier alpha value is -1.21. The van der Waals surface area contributed by atoms with Gasteiger partial charge in [0, 0.05) is 0 Å². The maximum absolute atomic E-state index is 12.6. The van der Waals surface area contributed by atoms with E-state index in [1.165, 1.54) is 0 Å². The molecule has 0 aliphatic heterocycles. The van der Waals surface area contributed by atoms with Gasteiger partial charge in [0.1, 0.15) is 5.57 Å². The first kappa shape index (κ1) is 13.8. The minimum Gasteiger partial charge on any atom is -0.478 e. The number of aliphatic carboxylic acids is 1. The number of carboxylic acids is 1. The van der Waals surface area contributed by atoms with Crippen molar-refractivity contribution in [3.05, 3.63) is 12.2 Å². The molecule has 2 nitrogen and oxygen atoms in total. The molecule has 0 bridgehead atoms. The Morgan fingerprint density at radius 3 is 1.93 bits per heavy atom. The summed E-state index contributed by atoms with van der Waals surface area (Å²) < 4.78 is 72.4. The molecule has 0 aromatic carbocycles. The highest BCUT2D eigenvalue weighted by Crippen LogP contribution is 2.36. The highest BCUT2D eigenvalue weighted by Gasteiger charge is 2.50. The van der Waals surface area contributed by atoms with Gasteiger partial charge >= 0.3 is 18.1 Å². The van der Waals surface area contributed by atoms with E-state index in [-0.39, 0.29) is 0 Å². The zero-order valence-electron chi connectivity index (χ0n) is 7.11. The molecule has 0 heterocycles. The molecule has 8 heteroatoms. The van der Waals surface area contributed by atoms with E-state index in [4.69, 9.17) is 5.11 Å². The van der Waals surface area contributed by atoms with Crippen molar-refractivity contribution in [2.45, 2.75) is 24.7 Å². The summed E-state index contributed by atoms with van der Waals surface area (Å²) in [7, 11) is 0. The van der Waals surface area contributed by atoms with Crippen LogP contribution in [-0.4, -0.2) is 29.3 Å². The monoisotopic (exact) mass is 236 g/mol. The SMILES string of the molecule is C=C(C(=O)O)C(F)(F)C(F)CC(F)(F)F. The first-order valence-corrected chi connectivity index (χ1v) is 3.49. The molecular weight excluding hydrogens is 230 g/mol. The van der Waals surface area contributed by atoms with Gasteiger partial charge in [0.25, 0.3) is 0 Å². The van der Waals surface area contributed by atoms with Gasteiger partial charge in [-0.15, -0.1) is 0 Å². The normalized spacial score (nSPS) is 14.8. The number of halogens is 6. The van der Waals surface area contributed by atoms with Crippen LogP contribution >= 0.6 is 0 Å². The van der Waals surface area contributed by atoms with Crippen LogP contribution in [-0.2, 0) is 4.79 Å². The summed E-state index contributed by atoms with van der Waals surface area (Å²) in [6, 6.07) is 0. The Kier molecular flexibility index (Phi) is 3.78. The van der Waals surface area contributed by atoms with Crippen LogP contribution in [0, 0.1) is 0 Å². The van der Waals surface area contributed by atoms with E-state index in [0.717, 1.165) is 0 Å². The van der Waals surface area contributed by atoms with Crippen LogP contribution in [0.25, 0.3) is 0 Å². The average Bonchev–Trinajstić information content (AvgIpc) is 1.99. The van der Waals surface area contributed by atoms with Gasteiger partial charge in [0.15, 0.2) is 6.17 Å². The number of carbonyl (C=O) groups is 1. The molecule has 88 valence electrons. The van der Waals surface area contributed by atoms with Crippen LogP contribution in [0.5, 0.6) is 0 Å². The van der Waals surface area contributed by atoms with Crippen molar-refractivity contribution in [2.75, 3.05) is 0 Å². The lowest BCUT2D eigenvalue weighted by molar-refractivity contribution is -0.173. The van der Waals surface area contributed by atoms with Gasteiger partial charge in [-0.25, -0.2) is 9.18 Å². The maximum Gasteiger partial charge on any atom is 0.392 e. The van der Waals surface area contributed by atoms with Gasteiger partial charge in [0.2, 0.25) is 0 Å². The Morgan fingerprint density at radius 1 is 1.27 bits per heavy atom. The molecule has 1 atom stereocenters. The predicted molar refractivity (Wildman–Crippen MR) is 37.3 cm³/mol. The molecule has 0 spiro atoms. The fourth-order valence-corrected chi connectivity index (χ4v) is 0.663. The van der Waals surface area contributed by atoms with Crippen molar-refractivity contribution in [3.63, 3.8) is 0 Å². The van der Waals surface area contributed by atoms with E-state index in [1.807, 2.05) is 0 Å². The second-order valence-corrected chi connectivity index (χ2v) is 2.69. The topological polar surface area (TPSA) is 37.3 Å². The molecule has 0 aromatic heterocycles. The molecule has 0 rings (SSSR count). The van der Waals surface area contributed by atoms with Crippen molar-refractivity contribution < 1.29 is 36.2 Å². The van der Waals surface area contributed by atoms with Crippen LogP contribution in [0.3, 0.4) is 0 Å². The molecule has 0 saturated carbocycles. The second-order valence-electron chi connectivity index (χ2n) is 2.69. The van der Waals surface area contributed by atoms with Crippen LogP contribution < -0.4 is 0 Å². The minimum absolute atomic E-state index is 1.90. The molecule has 0 aromatic rings. The van der Waals surface area contributed by atoms with E-state index in [1.54, 1.807) is 0 Å². The lowest BCUT2D eigenvalue weighted by Crippen LogP contribution is -2.38. The van der Waals surface area contributed by atoms with Crippen LogP contribution in [0.1, 0.15) is 6.42 Å². The smallest absolute Gasteiger partial charge is 0.392 e. The fraction of sp³-hybridized carbons (Fsp3) is 0.571. The van der Waals surface area contributed by atoms with Crippen molar-refractivity contribution in [1.29, 1.82) is 0 Å². The van der Waals surface area contributed by atoms with E-state index >= 15 is 0 Å². The summed E-state index contributed by atoms with van der Waals surface area (Å²) in [5, 5.41) is 8.04. The van der Waals surface area contributed by atoms with Gasteiger partial charge in [-0.05, 0) is 0 Å². The molecule has 0 saturated heterocycles. The standard InChI is InChI=1S/C7H6F6O2/c1-3(5(14)15)7(12,13)4(8)2-6(9,10)11/h4H,1-2H2,(H,14,15). The summed E-state index contributed by atoms with van der Waals surface area (Å²) in [5.41, 5.74) is -1.90. The second kappa shape index (κ2) is 4.11. The highest BCUT2D eigenvalue weighted by molar-refractivity contribution is 5.87. The van der Waals surface area contributed by atoms with E-state index < -0.39 is 36.2 Å². The maximum atomic E-state index is 12.6. The molecule has 15 heavy (non-hydrogen) atoms. The molecular formula is C7H6F6O2. The predicted octanol–water partition coefficient (Wildman–Crippen LogP) is 2.55. The Morgan fingerprint density at radius 2 is 1.67 bits per heavy atom. The van der Waals surface area contributed by atoms with E-state index in [9.17, 15) is 31.1 Å². The number of rotatable bonds is 4. The van der Waals surface area contributed by atoms with Crippen molar-refractivity contribution in [1.82, 2.24) is 0 Å². The van der Waals surface area contributed by atoms with Crippen LogP contribution in [0.4, 0.5) is 26.3 Å². The molecule has 0 amide bonds. The lowest BCUT2D eigenvalue weighted by Gasteiger charge is -2.21. The lowest BCUT2D eigenvalue weighted by atomic mass is 10.0. The average molecular weight is 236 g/mol. The van der Waals surface area contributed by atoms with Gasteiger partial charge in [-0.2, -0.15) is 22.0 Å². The van der Waals surface area contributed by atoms with Gasteiger partial charge in [0.05, 0.1) is 6.42 Å². The first-order valence-electron chi connectivity index (χ1n) is 3.49. The Balaban J connectivity index is 4.73. The summed E-state index contributed by atoms with van der Waals surface area (Å²) in [6.45, 7) is 2.32. The Labute approximate surface area is 80.2 Å². The van der Waals surface area contributed by atoms with Crippen molar-refractivity contribution >= 4 is 5.97 Å². The quantitative estimate of drug-likeness (QED) is 0.601. The Bertz CT molecular complexity index is 269.